The number of methoxy groups -OCH3 is 1. The third kappa shape index (κ3) is 4.61. The van der Waals surface area contributed by atoms with Gasteiger partial charge in [0, 0.05) is 19.2 Å². The monoisotopic (exact) mass is 338 g/mol. The van der Waals surface area contributed by atoms with Gasteiger partial charge in [0.2, 0.25) is 5.91 Å². The molecule has 0 spiro atoms. The van der Waals surface area contributed by atoms with Gasteiger partial charge in [-0.2, -0.15) is 0 Å². The van der Waals surface area contributed by atoms with Gasteiger partial charge >= 0.3 is 0 Å². The van der Waals surface area contributed by atoms with E-state index in [1.54, 1.807) is 13.2 Å². The molecule has 0 radical (unpaired) electrons. The van der Waals surface area contributed by atoms with Crippen LogP contribution in [0.15, 0.2) is 54.6 Å². The van der Waals surface area contributed by atoms with Crippen LogP contribution in [0.25, 0.3) is 6.08 Å². The van der Waals surface area contributed by atoms with Gasteiger partial charge in [0.15, 0.2) is 0 Å². The molecule has 0 aliphatic carbocycles. The van der Waals surface area contributed by atoms with Crippen LogP contribution in [-0.2, 0) is 9.53 Å². The van der Waals surface area contributed by atoms with Crippen LogP contribution in [0.2, 0.25) is 0 Å². The van der Waals surface area contributed by atoms with Gasteiger partial charge in [-0.25, -0.2) is 0 Å². The zero-order valence-corrected chi connectivity index (χ0v) is 14.3. The third-order valence-corrected chi connectivity index (χ3v) is 4.06. The van der Waals surface area contributed by atoms with Crippen molar-refractivity contribution in [1.82, 2.24) is 0 Å². The van der Waals surface area contributed by atoms with Crippen LogP contribution in [0.1, 0.15) is 5.56 Å². The zero-order valence-electron chi connectivity index (χ0n) is 14.3. The maximum atomic E-state index is 12.3. The molecule has 2 aromatic carbocycles. The van der Waals surface area contributed by atoms with E-state index >= 15 is 0 Å². The predicted octanol–water partition coefficient (Wildman–Crippen LogP) is 3.18. The summed E-state index contributed by atoms with van der Waals surface area (Å²) in [6, 6.07) is 15.4. The minimum Gasteiger partial charge on any atom is -0.497 e. The first-order valence-electron chi connectivity index (χ1n) is 8.31. The van der Waals surface area contributed by atoms with E-state index in [9.17, 15) is 4.79 Å². The lowest BCUT2D eigenvalue weighted by molar-refractivity contribution is -0.111. The van der Waals surface area contributed by atoms with Crippen molar-refractivity contribution in [3.8, 4) is 5.75 Å². The van der Waals surface area contributed by atoms with E-state index in [-0.39, 0.29) is 5.91 Å². The first-order chi connectivity index (χ1) is 12.3. The van der Waals surface area contributed by atoms with Crippen molar-refractivity contribution >= 4 is 23.4 Å². The summed E-state index contributed by atoms with van der Waals surface area (Å²) in [7, 11) is 1.63. The predicted molar refractivity (Wildman–Crippen MR) is 100 cm³/mol. The maximum absolute atomic E-state index is 12.3. The number of anilines is 2. The minimum absolute atomic E-state index is 0.156. The van der Waals surface area contributed by atoms with Crippen molar-refractivity contribution in [2.45, 2.75) is 0 Å². The number of nitrogens with zero attached hydrogens (tertiary/aromatic N) is 1. The smallest absolute Gasteiger partial charge is 0.248 e. The lowest BCUT2D eigenvalue weighted by Crippen LogP contribution is -2.36. The quantitative estimate of drug-likeness (QED) is 0.851. The van der Waals surface area contributed by atoms with Crippen LogP contribution < -0.4 is 15.0 Å². The highest BCUT2D eigenvalue weighted by Crippen LogP contribution is 2.26. The highest BCUT2D eigenvalue weighted by molar-refractivity contribution is 6.03. The van der Waals surface area contributed by atoms with Gasteiger partial charge in [-0.1, -0.05) is 24.3 Å². The molecule has 0 aromatic heterocycles. The largest absolute Gasteiger partial charge is 0.497 e. The number of morpholine rings is 1. The fraction of sp³-hybridized carbons (Fsp3) is 0.250. The normalized spacial score (nSPS) is 14.5. The van der Waals surface area contributed by atoms with Gasteiger partial charge in [0.1, 0.15) is 5.75 Å². The number of carbonyl (C=O) groups is 1. The summed E-state index contributed by atoms with van der Waals surface area (Å²) >= 11 is 0. The Morgan fingerprint density at radius 2 is 1.84 bits per heavy atom. The zero-order chi connectivity index (χ0) is 17.5. The van der Waals surface area contributed by atoms with Crippen LogP contribution in [0.4, 0.5) is 11.4 Å². The summed E-state index contributed by atoms with van der Waals surface area (Å²) in [5, 5.41) is 2.97. The van der Waals surface area contributed by atoms with Gasteiger partial charge in [-0.05, 0) is 35.9 Å². The van der Waals surface area contributed by atoms with Crippen molar-refractivity contribution < 1.29 is 14.3 Å². The lowest BCUT2D eigenvalue weighted by atomic mass is 10.2. The van der Waals surface area contributed by atoms with Crippen molar-refractivity contribution in [2.75, 3.05) is 43.6 Å². The Hall–Kier alpha value is -2.79. The van der Waals surface area contributed by atoms with Crippen molar-refractivity contribution in [3.63, 3.8) is 0 Å². The van der Waals surface area contributed by atoms with Gasteiger partial charge in [-0.3, -0.25) is 4.79 Å². The minimum atomic E-state index is -0.156. The summed E-state index contributed by atoms with van der Waals surface area (Å²) in [6.45, 7) is 3.07. The van der Waals surface area contributed by atoms with Gasteiger partial charge in [0.25, 0.3) is 0 Å². The molecule has 3 rings (SSSR count). The summed E-state index contributed by atoms with van der Waals surface area (Å²) < 4.78 is 10.5. The van der Waals surface area contributed by atoms with E-state index in [4.69, 9.17) is 9.47 Å². The molecule has 1 aliphatic rings. The highest BCUT2D eigenvalue weighted by Gasteiger charge is 2.15. The number of para-hydroxylation sites is 2. The Labute approximate surface area is 147 Å². The number of hydrogen-bond donors (Lipinski definition) is 1. The molecule has 130 valence electrons. The van der Waals surface area contributed by atoms with Crippen molar-refractivity contribution in [2.24, 2.45) is 0 Å². The summed E-state index contributed by atoms with van der Waals surface area (Å²) in [6.07, 6.45) is 3.32. The van der Waals surface area contributed by atoms with Gasteiger partial charge in [-0.15, -0.1) is 0 Å². The summed E-state index contributed by atoms with van der Waals surface area (Å²) in [5.41, 5.74) is 2.78. The van der Waals surface area contributed by atoms with Gasteiger partial charge in [0.05, 0.1) is 31.7 Å². The molecule has 0 bridgehead atoms. The second kappa shape index (κ2) is 8.35. The molecule has 1 amide bonds. The first-order valence-corrected chi connectivity index (χ1v) is 8.31. The molecule has 2 aromatic rings. The maximum Gasteiger partial charge on any atom is 0.248 e. The Kier molecular flexibility index (Phi) is 5.69. The topological polar surface area (TPSA) is 50.8 Å². The number of hydrogen-bond acceptors (Lipinski definition) is 4. The van der Waals surface area contributed by atoms with E-state index in [0.29, 0.717) is 13.2 Å². The molecule has 1 heterocycles. The molecule has 5 nitrogen and oxygen atoms in total. The van der Waals surface area contributed by atoms with E-state index in [0.717, 1.165) is 35.8 Å². The van der Waals surface area contributed by atoms with E-state index in [2.05, 4.69) is 10.2 Å². The third-order valence-electron chi connectivity index (χ3n) is 4.06. The highest BCUT2D eigenvalue weighted by atomic mass is 16.5. The van der Waals surface area contributed by atoms with Crippen molar-refractivity contribution in [3.05, 3.63) is 60.2 Å². The molecule has 0 unspecified atom stereocenters. The molecule has 5 heteroatoms. The average molecular weight is 338 g/mol. The Bertz CT molecular complexity index is 735. The molecule has 1 saturated heterocycles. The number of carbonyl (C=O) groups excluding carboxylic acids is 1. The van der Waals surface area contributed by atoms with Crippen LogP contribution in [0.3, 0.4) is 0 Å². The van der Waals surface area contributed by atoms with E-state index < -0.39 is 0 Å². The molecular weight excluding hydrogens is 316 g/mol. The summed E-state index contributed by atoms with van der Waals surface area (Å²) in [5.74, 6) is 0.637. The number of benzene rings is 2. The lowest BCUT2D eigenvalue weighted by Gasteiger charge is -2.30. The fourth-order valence-electron chi connectivity index (χ4n) is 2.72. The van der Waals surface area contributed by atoms with Crippen molar-refractivity contribution in [1.29, 1.82) is 0 Å². The fourth-order valence-corrected chi connectivity index (χ4v) is 2.72. The molecule has 1 aliphatic heterocycles. The average Bonchev–Trinajstić information content (AvgIpc) is 2.68. The van der Waals surface area contributed by atoms with Crippen LogP contribution >= 0.6 is 0 Å². The number of ether oxygens (including phenoxy) is 2. The first kappa shape index (κ1) is 17.0. The second-order valence-corrected chi connectivity index (χ2v) is 5.71. The van der Waals surface area contributed by atoms with Crippen LogP contribution in [0.5, 0.6) is 5.75 Å². The molecular formula is C20H22N2O3. The standard InChI is InChI=1S/C20H22N2O3/c1-24-17-9-6-16(7-10-17)8-11-20(23)21-18-4-2-3-5-19(18)22-12-14-25-15-13-22/h2-11H,12-15H2,1H3,(H,21,23). The Balaban J connectivity index is 1.67. The molecule has 1 fully saturated rings. The van der Waals surface area contributed by atoms with Crippen LogP contribution in [-0.4, -0.2) is 39.3 Å². The number of amides is 1. The SMILES string of the molecule is COc1ccc(C=CC(=O)Nc2ccccc2N2CCOCC2)cc1. The van der Waals surface area contributed by atoms with E-state index in [1.807, 2.05) is 48.5 Å². The second-order valence-electron chi connectivity index (χ2n) is 5.71. The molecule has 25 heavy (non-hydrogen) atoms. The molecule has 0 saturated carbocycles. The van der Waals surface area contributed by atoms with E-state index in [1.165, 1.54) is 6.08 Å². The number of nitrogens with one attached hydrogen (secondary N) is 1. The number of rotatable bonds is 5. The van der Waals surface area contributed by atoms with Crippen LogP contribution in [0, 0.1) is 0 Å². The molecule has 0 atom stereocenters. The van der Waals surface area contributed by atoms with Gasteiger partial charge < -0.3 is 19.7 Å². The summed E-state index contributed by atoms with van der Waals surface area (Å²) in [4.78, 5) is 14.5. The molecule has 1 N–H and O–H groups in total. The Morgan fingerprint density at radius 3 is 2.56 bits per heavy atom. The Morgan fingerprint density at radius 1 is 1.12 bits per heavy atom.